The van der Waals surface area contributed by atoms with Gasteiger partial charge in [-0.3, -0.25) is 4.90 Å². The zero-order valence-electron chi connectivity index (χ0n) is 13.0. The molecule has 1 spiro atoms. The Morgan fingerprint density at radius 3 is 2.65 bits per heavy atom. The Morgan fingerprint density at radius 1 is 1.17 bits per heavy atom. The number of carbonyl (C=O) groups excluding carboxylic acids is 1. The SMILES string of the molecule is O=C1OC2(CCCCC2)CN1Cc1ccc(-c2nccs2)cc1. The number of benzene rings is 1. The summed E-state index contributed by atoms with van der Waals surface area (Å²) < 4.78 is 5.74. The van der Waals surface area contributed by atoms with Crippen LogP contribution in [0.3, 0.4) is 0 Å². The lowest BCUT2D eigenvalue weighted by atomic mass is 9.85. The lowest BCUT2D eigenvalue weighted by Gasteiger charge is -2.30. The van der Waals surface area contributed by atoms with Gasteiger partial charge in [0.2, 0.25) is 0 Å². The van der Waals surface area contributed by atoms with E-state index in [0.717, 1.165) is 35.5 Å². The van der Waals surface area contributed by atoms with Gasteiger partial charge in [0.05, 0.1) is 6.54 Å². The molecule has 0 atom stereocenters. The van der Waals surface area contributed by atoms with Crippen LogP contribution >= 0.6 is 11.3 Å². The summed E-state index contributed by atoms with van der Waals surface area (Å²) in [5.41, 5.74) is 2.04. The lowest BCUT2D eigenvalue weighted by Crippen LogP contribution is -2.36. The average molecular weight is 328 g/mol. The van der Waals surface area contributed by atoms with Crippen LogP contribution in [0.4, 0.5) is 4.79 Å². The second-order valence-corrected chi connectivity index (χ2v) is 7.40. The molecule has 1 aromatic carbocycles. The zero-order chi connectivity index (χ0) is 15.7. The van der Waals surface area contributed by atoms with Crippen molar-refractivity contribution < 1.29 is 9.53 Å². The van der Waals surface area contributed by atoms with Crippen molar-refractivity contribution in [2.45, 2.75) is 44.2 Å². The highest BCUT2D eigenvalue weighted by Gasteiger charge is 2.45. The summed E-state index contributed by atoms with van der Waals surface area (Å²) in [6, 6.07) is 8.31. The summed E-state index contributed by atoms with van der Waals surface area (Å²) in [4.78, 5) is 18.4. The Labute approximate surface area is 140 Å². The minimum Gasteiger partial charge on any atom is -0.441 e. The molecule has 23 heavy (non-hydrogen) atoms. The standard InChI is InChI=1S/C18H20N2O2S/c21-17-20(13-18(22-17)8-2-1-3-9-18)12-14-4-6-15(7-5-14)16-19-10-11-23-16/h4-7,10-11H,1-3,8-9,12-13H2. The molecule has 2 aliphatic rings. The number of ether oxygens (including phenoxy) is 1. The number of nitrogens with zero attached hydrogens (tertiary/aromatic N) is 2. The molecule has 1 aromatic heterocycles. The molecule has 1 aliphatic carbocycles. The third-order valence-electron chi connectivity index (χ3n) is 4.81. The molecule has 1 aliphatic heterocycles. The number of aromatic nitrogens is 1. The van der Waals surface area contributed by atoms with E-state index in [0.29, 0.717) is 6.54 Å². The predicted molar refractivity (Wildman–Crippen MR) is 90.3 cm³/mol. The second-order valence-electron chi connectivity index (χ2n) is 6.50. The van der Waals surface area contributed by atoms with Gasteiger partial charge in [0.1, 0.15) is 10.6 Å². The average Bonchev–Trinajstić information content (AvgIpc) is 3.19. The van der Waals surface area contributed by atoms with Crippen LogP contribution in [0, 0.1) is 0 Å². The zero-order valence-corrected chi connectivity index (χ0v) is 13.8. The smallest absolute Gasteiger partial charge is 0.410 e. The van der Waals surface area contributed by atoms with E-state index in [4.69, 9.17) is 4.74 Å². The summed E-state index contributed by atoms with van der Waals surface area (Å²) in [6.07, 6.45) is 7.29. The van der Waals surface area contributed by atoms with Crippen molar-refractivity contribution >= 4 is 17.4 Å². The number of hydrogen-bond donors (Lipinski definition) is 0. The topological polar surface area (TPSA) is 42.4 Å². The van der Waals surface area contributed by atoms with Crippen molar-refractivity contribution in [3.63, 3.8) is 0 Å². The largest absolute Gasteiger partial charge is 0.441 e. The maximum absolute atomic E-state index is 12.2. The molecule has 4 nitrogen and oxygen atoms in total. The van der Waals surface area contributed by atoms with Gasteiger partial charge in [-0.05, 0) is 31.2 Å². The molecular weight excluding hydrogens is 308 g/mol. The van der Waals surface area contributed by atoms with Crippen molar-refractivity contribution in [2.75, 3.05) is 6.54 Å². The van der Waals surface area contributed by atoms with Gasteiger partial charge in [0.25, 0.3) is 0 Å². The highest BCUT2D eigenvalue weighted by molar-refractivity contribution is 7.13. The Hall–Kier alpha value is -1.88. The number of amides is 1. The lowest BCUT2D eigenvalue weighted by molar-refractivity contribution is 0.0260. The molecule has 1 saturated heterocycles. The minimum atomic E-state index is -0.212. The normalized spacial score (nSPS) is 20.0. The van der Waals surface area contributed by atoms with E-state index in [9.17, 15) is 4.79 Å². The van der Waals surface area contributed by atoms with Gasteiger partial charge in [0.15, 0.2) is 0 Å². The van der Waals surface area contributed by atoms with Crippen molar-refractivity contribution in [1.29, 1.82) is 0 Å². The Kier molecular flexibility index (Phi) is 3.81. The molecule has 120 valence electrons. The molecule has 1 amide bonds. The highest BCUT2D eigenvalue weighted by Crippen LogP contribution is 2.37. The Bertz CT molecular complexity index is 676. The fourth-order valence-electron chi connectivity index (χ4n) is 3.61. The van der Waals surface area contributed by atoms with Gasteiger partial charge < -0.3 is 4.74 Å². The molecule has 0 bridgehead atoms. The van der Waals surface area contributed by atoms with Gasteiger partial charge in [-0.25, -0.2) is 9.78 Å². The fraction of sp³-hybridized carbons (Fsp3) is 0.444. The quantitative estimate of drug-likeness (QED) is 0.835. The van der Waals surface area contributed by atoms with E-state index in [2.05, 4.69) is 29.2 Å². The second kappa shape index (κ2) is 5.96. The molecule has 4 rings (SSSR count). The fourth-order valence-corrected chi connectivity index (χ4v) is 4.25. The monoisotopic (exact) mass is 328 g/mol. The van der Waals surface area contributed by atoms with E-state index in [1.807, 2.05) is 16.5 Å². The molecular formula is C18H20N2O2S. The van der Waals surface area contributed by atoms with E-state index in [1.165, 1.54) is 19.3 Å². The third-order valence-corrected chi connectivity index (χ3v) is 5.63. The molecule has 1 saturated carbocycles. The van der Waals surface area contributed by atoms with Crippen molar-refractivity contribution in [3.8, 4) is 10.6 Å². The molecule has 5 heteroatoms. The maximum atomic E-state index is 12.2. The van der Waals surface area contributed by atoms with E-state index in [-0.39, 0.29) is 11.7 Å². The molecule has 0 unspecified atom stereocenters. The first kappa shape index (κ1) is 14.7. The van der Waals surface area contributed by atoms with Crippen molar-refractivity contribution in [1.82, 2.24) is 9.88 Å². The minimum absolute atomic E-state index is 0.157. The molecule has 2 heterocycles. The van der Waals surface area contributed by atoms with E-state index >= 15 is 0 Å². The Morgan fingerprint density at radius 2 is 1.96 bits per heavy atom. The van der Waals surface area contributed by atoms with Crippen LogP contribution in [-0.2, 0) is 11.3 Å². The van der Waals surface area contributed by atoms with Crippen LogP contribution in [0.2, 0.25) is 0 Å². The first-order valence-electron chi connectivity index (χ1n) is 8.21. The van der Waals surface area contributed by atoms with Crippen LogP contribution < -0.4 is 0 Å². The summed E-state index contributed by atoms with van der Waals surface area (Å²) in [5.74, 6) is 0. The summed E-state index contributed by atoms with van der Waals surface area (Å²) in [5, 5.41) is 3.01. The molecule has 0 radical (unpaired) electrons. The maximum Gasteiger partial charge on any atom is 0.410 e. The van der Waals surface area contributed by atoms with Crippen LogP contribution in [0.15, 0.2) is 35.8 Å². The molecule has 2 aromatic rings. The summed E-state index contributed by atoms with van der Waals surface area (Å²) >= 11 is 1.63. The number of rotatable bonds is 3. The number of carbonyl (C=O) groups is 1. The first-order chi connectivity index (χ1) is 11.2. The highest BCUT2D eigenvalue weighted by atomic mass is 32.1. The van der Waals surface area contributed by atoms with Gasteiger partial charge in [-0.1, -0.05) is 30.7 Å². The predicted octanol–water partition coefficient (Wildman–Crippen LogP) is 4.47. The molecule has 2 fully saturated rings. The number of hydrogen-bond acceptors (Lipinski definition) is 4. The van der Waals surface area contributed by atoms with Crippen LogP contribution in [0.5, 0.6) is 0 Å². The van der Waals surface area contributed by atoms with Gasteiger partial charge >= 0.3 is 6.09 Å². The van der Waals surface area contributed by atoms with Crippen molar-refractivity contribution in [2.24, 2.45) is 0 Å². The van der Waals surface area contributed by atoms with E-state index in [1.54, 1.807) is 11.3 Å². The Balaban J connectivity index is 1.45. The first-order valence-corrected chi connectivity index (χ1v) is 9.09. The summed E-state index contributed by atoms with van der Waals surface area (Å²) in [7, 11) is 0. The number of thiazole rings is 1. The van der Waals surface area contributed by atoms with E-state index < -0.39 is 0 Å². The van der Waals surface area contributed by atoms with Crippen LogP contribution in [-0.4, -0.2) is 28.1 Å². The van der Waals surface area contributed by atoms with Crippen molar-refractivity contribution in [3.05, 3.63) is 41.4 Å². The van der Waals surface area contributed by atoms with Gasteiger partial charge in [0, 0.05) is 23.7 Å². The summed E-state index contributed by atoms with van der Waals surface area (Å²) in [6.45, 7) is 1.36. The van der Waals surface area contributed by atoms with Gasteiger partial charge in [-0.15, -0.1) is 11.3 Å². The third kappa shape index (κ3) is 2.98. The van der Waals surface area contributed by atoms with Crippen LogP contribution in [0.25, 0.3) is 10.6 Å². The van der Waals surface area contributed by atoms with Gasteiger partial charge in [-0.2, -0.15) is 0 Å². The van der Waals surface area contributed by atoms with Crippen LogP contribution in [0.1, 0.15) is 37.7 Å². The molecule has 0 N–H and O–H groups in total.